The summed E-state index contributed by atoms with van der Waals surface area (Å²) < 4.78 is 5.37. The molecule has 7 nitrogen and oxygen atoms in total. The Morgan fingerprint density at radius 3 is 2.57 bits per heavy atom. The molecule has 0 unspecified atom stereocenters. The van der Waals surface area contributed by atoms with Crippen LogP contribution in [0.5, 0.6) is 0 Å². The number of rotatable bonds is 1. The fourth-order valence-electron chi connectivity index (χ4n) is 2.78. The maximum Gasteiger partial charge on any atom is 0.410 e. The smallest absolute Gasteiger partial charge is 0.410 e. The Bertz CT molecular complexity index is 471. The number of carbonyl (C=O) groups excluding carboxylic acids is 3. The van der Waals surface area contributed by atoms with Gasteiger partial charge in [0.05, 0.1) is 0 Å². The number of imide groups is 1. The van der Waals surface area contributed by atoms with E-state index >= 15 is 0 Å². The molecule has 21 heavy (non-hydrogen) atoms. The Kier molecular flexibility index (Phi) is 3.86. The molecular formula is C14H23N3O4. The van der Waals surface area contributed by atoms with Crippen molar-refractivity contribution in [1.29, 1.82) is 0 Å². The highest BCUT2D eigenvalue weighted by Crippen LogP contribution is 2.30. The summed E-state index contributed by atoms with van der Waals surface area (Å²) in [5, 5.41) is 4.94. The molecule has 2 heterocycles. The summed E-state index contributed by atoms with van der Waals surface area (Å²) >= 11 is 0. The number of hydrogen-bond acceptors (Lipinski definition) is 4. The molecule has 2 N–H and O–H groups in total. The Hall–Kier alpha value is -1.79. The van der Waals surface area contributed by atoms with E-state index < -0.39 is 17.2 Å². The van der Waals surface area contributed by atoms with Gasteiger partial charge in [0, 0.05) is 19.0 Å². The van der Waals surface area contributed by atoms with Gasteiger partial charge < -0.3 is 15.0 Å². The standard InChI is InChI=1S/C14H23N3O4/c1-13(2,3)21-12(20)17-7-5-6-9(8-17)14(4)10(18)15-11(19)16-14/h9H,5-8H2,1-4H3,(H2,15,16,18,19)/t9-,14+/m1/s1. The highest BCUT2D eigenvalue weighted by molar-refractivity contribution is 6.07. The molecule has 0 spiro atoms. The SMILES string of the molecule is CC(C)(C)OC(=O)N1CCC[C@@H]([C@]2(C)NC(=O)NC2=O)C1. The Morgan fingerprint density at radius 1 is 1.38 bits per heavy atom. The second-order valence-corrected chi connectivity index (χ2v) is 6.88. The van der Waals surface area contributed by atoms with E-state index in [1.54, 1.807) is 11.8 Å². The molecule has 0 bridgehead atoms. The van der Waals surface area contributed by atoms with Gasteiger partial charge in [-0.3, -0.25) is 10.1 Å². The number of nitrogens with one attached hydrogen (secondary N) is 2. The second-order valence-electron chi connectivity index (χ2n) is 6.88. The summed E-state index contributed by atoms with van der Waals surface area (Å²) in [6.45, 7) is 8.17. The first-order valence-electron chi connectivity index (χ1n) is 7.23. The molecule has 0 aromatic carbocycles. The average molecular weight is 297 g/mol. The number of likely N-dealkylation sites (tertiary alicyclic amines) is 1. The van der Waals surface area contributed by atoms with Crippen molar-refractivity contribution < 1.29 is 19.1 Å². The average Bonchev–Trinajstić information content (AvgIpc) is 2.62. The molecule has 7 heteroatoms. The largest absolute Gasteiger partial charge is 0.444 e. The Morgan fingerprint density at radius 2 is 2.05 bits per heavy atom. The van der Waals surface area contributed by atoms with E-state index in [4.69, 9.17) is 4.74 Å². The molecule has 4 amide bonds. The van der Waals surface area contributed by atoms with E-state index in [0.717, 1.165) is 12.8 Å². The first kappa shape index (κ1) is 15.6. The highest BCUT2D eigenvalue weighted by atomic mass is 16.6. The molecule has 0 saturated carbocycles. The van der Waals surface area contributed by atoms with Crippen molar-refractivity contribution in [3.8, 4) is 0 Å². The number of urea groups is 1. The number of ether oxygens (including phenoxy) is 1. The topological polar surface area (TPSA) is 87.7 Å². The zero-order chi connectivity index (χ0) is 15.8. The molecule has 0 radical (unpaired) electrons. The number of hydrogen-bond donors (Lipinski definition) is 2. The molecule has 118 valence electrons. The van der Waals surface area contributed by atoms with Crippen molar-refractivity contribution in [3.63, 3.8) is 0 Å². The van der Waals surface area contributed by atoms with Gasteiger partial charge in [0.25, 0.3) is 5.91 Å². The minimum Gasteiger partial charge on any atom is -0.444 e. The second kappa shape index (κ2) is 5.20. The lowest BCUT2D eigenvalue weighted by atomic mass is 9.80. The molecule has 2 saturated heterocycles. The van der Waals surface area contributed by atoms with Crippen LogP contribution in [0.1, 0.15) is 40.5 Å². The van der Waals surface area contributed by atoms with Crippen molar-refractivity contribution in [3.05, 3.63) is 0 Å². The van der Waals surface area contributed by atoms with Crippen LogP contribution in [0, 0.1) is 5.92 Å². The Labute approximate surface area is 124 Å². The van der Waals surface area contributed by atoms with Crippen LogP contribution in [-0.2, 0) is 9.53 Å². The van der Waals surface area contributed by atoms with Crippen molar-refractivity contribution in [2.45, 2.75) is 51.7 Å². The van der Waals surface area contributed by atoms with Crippen LogP contribution < -0.4 is 10.6 Å². The van der Waals surface area contributed by atoms with Crippen LogP contribution >= 0.6 is 0 Å². The van der Waals surface area contributed by atoms with Gasteiger partial charge in [-0.15, -0.1) is 0 Å². The van der Waals surface area contributed by atoms with Crippen molar-refractivity contribution in [2.75, 3.05) is 13.1 Å². The van der Waals surface area contributed by atoms with Crippen molar-refractivity contribution >= 4 is 18.0 Å². The minimum atomic E-state index is -0.961. The normalized spacial score (nSPS) is 29.9. The molecule has 2 aliphatic heterocycles. The third kappa shape index (κ3) is 3.28. The summed E-state index contributed by atoms with van der Waals surface area (Å²) in [5.74, 6) is -0.450. The molecule has 0 aromatic heterocycles. The quantitative estimate of drug-likeness (QED) is 0.713. The number of piperidine rings is 1. The summed E-state index contributed by atoms with van der Waals surface area (Å²) in [6, 6.07) is -0.475. The number of nitrogens with zero attached hydrogens (tertiary/aromatic N) is 1. The Balaban J connectivity index is 2.06. The van der Waals surface area contributed by atoms with E-state index in [1.807, 2.05) is 20.8 Å². The number of amides is 4. The fraction of sp³-hybridized carbons (Fsp3) is 0.786. The predicted octanol–water partition coefficient (Wildman–Crippen LogP) is 1.23. The first-order valence-corrected chi connectivity index (χ1v) is 7.23. The van der Waals surface area contributed by atoms with Crippen LogP contribution in [0.3, 0.4) is 0 Å². The third-order valence-electron chi connectivity index (χ3n) is 3.96. The van der Waals surface area contributed by atoms with Gasteiger partial charge in [0.2, 0.25) is 0 Å². The van der Waals surface area contributed by atoms with E-state index in [1.165, 1.54) is 0 Å². The summed E-state index contributed by atoms with van der Waals surface area (Å²) in [7, 11) is 0. The summed E-state index contributed by atoms with van der Waals surface area (Å²) in [5.41, 5.74) is -1.51. The molecule has 2 fully saturated rings. The highest BCUT2D eigenvalue weighted by Gasteiger charge is 2.49. The fourth-order valence-corrected chi connectivity index (χ4v) is 2.78. The van der Waals surface area contributed by atoms with Gasteiger partial charge in [-0.1, -0.05) is 0 Å². The minimum absolute atomic E-state index is 0.120. The van der Waals surface area contributed by atoms with E-state index in [0.29, 0.717) is 13.1 Å². The lowest BCUT2D eigenvalue weighted by molar-refractivity contribution is -0.126. The van der Waals surface area contributed by atoms with Gasteiger partial charge in [-0.25, -0.2) is 9.59 Å². The van der Waals surface area contributed by atoms with Crippen LogP contribution in [0.4, 0.5) is 9.59 Å². The zero-order valence-electron chi connectivity index (χ0n) is 13.0. The summed E-state index contributed by atoms with van der Waals surface area (Å²) in [4.78, 5) is 37.1. The lowest BCUT2D eigenvalue weighted by Gasteiger charge is -2.39. The lowest BCUT2D eigenvalue weighted by Crippen LogP contribution is -2.56. The molecule has 0 aromatic rings. The maximum absolute atomic E-state index is 12.1. The first-order chi connectivity index (χ1) is 9.62. The maximum atomic E-state index is 12.1. The van der Waals surface area contributed by atoms with Gasteiger partial charge in [-0.2, -0.15) is 0 Å². The predicted molar refractivity (Wildman–Crippen MR) is 75.6 cm³/mol. The van der Waals surface area contributed by atoms with E-state index in [9.17, 15) is 14.4 Å². The van der Waals surface area contributed by atoms with Crippen LogP contribution in [0.2, 0.25) is 0 Å². The van der Waals surface area contributed by atoms with Gasteiger partial charge in [0.1, 0.15) is 11.1 Å². The monoisotopic (exact) mass is 297 g/mol. The molecule has 2 aliphatic rings. The van der Waals surface area contributed by atoms with Crippen molar-refractivity contribution in [1.82, 2.24) is 15.5 Å². The van der Waals surface area contributed by atoms with Gasteiger partial charge in [0.15, 0.2) is 0 Å². The van der Waals surface area contributed by atoms with Gasteiger partial charge >= 0.3 is 12.1 Å². The van der Waals surface area contributed by atoms with E-state index in [-0.39, 0.29) is 17.9 Å². The molecule has 2 atom stereocenters. The number of carbonyl (C=O) groups is 3. The van der Waals surface area contributed by atoms with Crippen LogP contribution in [0.15, 0.2) is 0 Å². The van der Waals surface area contributed by atoms with Crippen LogP contribution in [-0.4, -0.2) is 47.2 Å². The third-order valence-corrected chi connectivity index (χ3v) is 3.96. The molecule has 0 aliphatic carbocycles. The molecular weight excluding hydrogens is 274 g/mol. The van der Waals surface area contributed by atoms with Gasteiger partial charge in [-0.05, 0) is 40.5 Å². The zero-order valence-corrected chi connectivity index (χ0v) is 13.0. The molecule has 2 rings (SSSR count). The van der Waals surface area contributed by atoms with Crippen LogP contribution in [0.25, 0.3) is 0 Å². The van der Waals surface area contributed by atoms with Crippen molar-refractivity contribution in [2.24, 2.45) is 5.92 Å². The van der Waals surface area contributed by atoms with E-state index in [2.05, 4.69) is 10.6 Å². The summed E-state index contributed by atoms with van der Waals surface area (Å²) in [6.07, 6.45) is 1.19.